The number of carbonyl (C=O) groups excluding carboxylic acids is 1. The molecule has 0 fully saturated rings. The molecule has 0 aliphatic heterocycles. The highest BCUT2D eigenvalue weighted by Gasteiger charge is 2.26. The van der Waals surface area contributed by atoms with E-state index in [1.165, 1.54) is 0 Å². The number of rotatable bonds is 0. The Hall–Kier alpha value is -1.32. The third kappa shape index (κ3) is 2.13. The van der Waals surface area contributed by atoms with Crippen LogP contribution in [0.3, 0.4) is 0 Å². The van der Waals surface area contributed by atoms with E-state index >= 15 is 0 Å². The lowest BCUT2D eigenvalue weighted by molar-refractivity contribution is -0.670. The SMILES string of the molecule is CN(C(=O)n1cc[n+](C)c1)C(C)(C)C. The first-order chi connectivity index (χ1) is 6.32. The average molecular weight is 196 g/mol. The van der Waals surface area contributed by atoms with Crippen LogP contribution in [0.4, 0.5) is 4.79 Å². The Morgan fingerprint density at radius 2 is 2.00 bits per heavy atom. The number of nitrogens with zero attached hydrogens (tertiary/aromatic N) is 3. The van der Waals surface area contributed by atoms with Gasteiger partial charge in [-0.3, -0.25) is 0 Å². The molecule has 0 aliphatic carbocycles. The summed E-state index contributed by atoms with van der Waals surface area (Å²) in [7, 11) is 3.70. The normalized spacial score (nSPS) is 11.5. The molecule has 1 amide bonds. The van der Waals surface area contributed by atoms with Crippen molar-refractivity contribution in [3.8, 4) is 0 Å². The first-order valence-corrected chi connectivity index (χ1v) is 4.64. The van der Waals surface area contributed by atoms with Gasteiger partial charge >= 0.3 is 6.03 Å². The van der Waals surface area contributed by atoms with Crippen LogP contribution in [0.5, 0.6) is 0 Å². The molecule has 0 aliphatic rings. The first-order valence-electron chi connectivity index (χ1n) is 4.64. The van der Waals surface area contributed by atoms with Gasteiger partial charge in [-0.05, 0) is 20.8 Å². The second-order valence-electron chi connectivity index (χ2n) is 4.50. The molecule has 1 heterocycles. The minimum Gasteiger partial charge on any atom is -0.303 e. The fourth-order valence-electron chi connectivity index (χ4n) is 1.02. The van der Waals surface area contributed by atoms with Gasteiger partial charge in [-0.1, -0.05) is 0 Å². The standard InChI is InChI=1S/C10H18N3O/c1-10(2,3)12(5)9(14)13-7-6-11(4)8-13/h6-8H,1-5H3/q+1. The Morgan fingerprint density at radius 1 is 1.43 bits per heavy atom. The van der Waals surface area contributed by atoms with E-state index in [0.717, 1.165) is 0 Å². The minimum absolute atomic E-state index is 0.0156. The van der Waals surface area contributed by atoms with Gasteiger partial charge in [-0.2, -0.15) is 4.57 Å². The van der Waals surface area contributed by atoms with Gasteiger partial charge in [0.25, 0.3) is 6.33 Å². The lowest BCUT2D eigenvalue weighted by Crippen LogP contribution is -2.44. The molecule has 0 saturated carbocycles. The molecule has 0 saturated heterocycles. The zero-order valence-corrected chi connectivity index (χ0v) is 9.48. The molecule has 78 valence electrons. The maximum absolute atomic E-state index is 11.9. The van der Waals surface area contributed by atoms with Crippen molar-refractivity contribution in [2.45, 2.75) is 26.3 Å². The molecule has 1 aromatic heterocycles. The van der Waals surface area contributed by atoms with E-state index in [1.54, 1.807) is 22.0 Å². The van der Waals surface area contributed by atoms with Gasteiger partial charge in [0, 0.05) is 12.6 Å². The summed E-state index contributed by atoms with van der Waals surface area (Å²) in [5.41, 5.74) is -0.153. The van der Waals surface area contributed by atoms with Crippen molar-refractivity contribution < 1.29 is 9.36 Å². The molecule has 0 atom stereocenters. The summed E-state index contributed by atoms with van der Waals surface area (Å²) in [6.07, 6.45) is 5.35. The van der Waals surface area contributed by atoms with E-state index in [1.807, 2.05) is 45.6 Å². The number of hydrogen-bond donors (Lipinski definition) is 0. The van der Waals surface area contributed by atoms with Gasteiger partial charge in [0.2, 0.25) is 0 Å². The highest BCUT2D eigenvalue weighted by Crippen LogP contribution is 2.11. The van der Waals surface area contributed by atoms with Crippen molar-refractivity contribution >= 4 is 6.03 Å². The topological polar surface area (TPSA) is 29.1 Å². The van der Waals surface area contributed by atoms with E-state index in [0.29, 0.717) is 0 Å². The summed E-state index contributed by atoms with van der Waals surface area (Å²) in [4.78, 5) is 13.6. The summed E-state index contributed by atoms with van der Waals surface area (Å²) < 4.78 is 3.42. The van der Waals surface area contributed by atoms with Crippen molar-refractivity contribution in [1.82, 2.24) is 9.47 Å². The van der Waals surface area contributed by atoms with Crippen LogP contribution in [0, 0.1) is 0 Å². The number of imidazole rings is 1. The molecule has 0 radical (unpaired) electrons. The number of aryl methyl sites for hydroxylation is 1. The molecular formula is C10H18N3O+. The van der Waals surface area contributed by atoms with Crippen LogP contribution in [0.15, 0.2) is 18.7 Å². The van der Waals surface area contributed by atoms with Crippen molar-refractivity contribution in [3.05, 3.63) is 18.7 Å². The van der Waals surface area contributed by atoms with Gasteiger partial charge in [0.05, 0.1) is 7.05 Å². The Kier molecular flexibility index (Phi) is 2.64. The number of carbonyl (C=O) groups is 1. The molecular weight excluding hydrogens is 178 g/mol. The molecule has 0 bridgehead atoms. The van der Waals surface area contributed by atoms with Gasteiger partial charge in [-0.15, -0.1) is 0 Å². The summed E-state index contributed by atoms with van der Waals surface area (Å²) in [6, 6.07) is -0.0156. The highest BCUT2D eigenvalue weighted by molar-refractivity contribution is 5.76. The van der Waals surface area contributed by atoms with Gasteiger partial charge in [0.1, 0.15) is 12.4 Å². The predicted octanol–water partition coefficient (Wildman–Crippen LogP) is 1.01. The van der Waals surface area contributed by atoms with E-state index in [9.17, 15) is 4.79 Å². The number of hydrogen-bond acceptors (Lipinski definition) is 1. The average Bonchev–Trinajstić information content (AvgIpc) is 2.47. The first kappa shape index (κ1) is 10.8. The quantitative estimate of drug-likeness (QED) is 0.569. The summed E-state index contributed by atoms with van der Waals surface area (Å²) in [5, 5.41) is 0. The lowest BCUT2D eigenvalue weighted by Gasteiger charge is -2.29. The number of aromatic nitrogens is 2. The van der Waals surface area contributed by atoms with Crippen molar-refractivity contribution in [1.29, 1.82) is 0 Å². The summed E-state index contributed by atoms with van der Waals surface area (Å²) >= 11 is 0. The van der Waals surface area contributed by atoms with E-state index in [-0.39, 0.29) is 11.6 Å². The van der Waals surface area contributed by atoms with E-state index in [2.05, 4.69) is 0 Å². The van der Waals surface area contributed by atoms with Gasteiger partial charge in [-0.25, -0.2) is 9.36 Å². The maximum Gasteiger partial charge on any atom is 0.415 e. The Morgan fingerprint density at radius 3 is 2.36 bits per heavy atom. The monoisotopic (exact) mass is 196 g/mol. The van der Waals surface area contributed by atoms with Crippen molar-refractivity contribution in [2.75, 3.05) is 7.05 Å². The summed E-state index contributed by atoms with van der Waals surface area (Å²) in [6.45, 7) is 6.02. The molecule has 0 aromatic carbocycles. The van der Waals surface area contributed by atoms with Crippen LogP contribution in [-0.4, -0.2) is 28.1 Å². The van der Waals surface area contributed by atoms with Gasteiger partial charge < -0.3 is 4.90 Å². The third-order valence-electron chi connectivity index (χ3n) is 2.28. The molecule has 1 aromatic rings. The van der Waals surface area contributed by atoms with Crippen molar-refractivity contribution in [2.24, 2.45) is 7.05 Å². The molecule has 14 heavy (non-hydrogen) atoms. The zero-order chi connectivity index (χ0) is 10.9. The molecule has 4 nitrogen and oxygen atoms in total. The lowest BCUT2D eigenvalue weighted by atomic mass is 10.1. The van der Waals surface area contributed by atoms with Crippen LogP contribution in [-0.2, 0) is 7.05 Å². The zero-order valence-electron chi connectivity index (χ0n) is 9.48. The van der Waals surface area contributed by atoms with Gasteiger partial charge in [0.15, 0.2) is 0 Å². The summed E-state index contributed by atoms with van der Waals surface area (Å²) in [5.74, 6) is 0. The fraction of sp³-hybridized carbons (Fsp3) is 0.600. The van der Waals surface area contributed by atoms with E-state index in [4.69, 9.17) is 0 Å². The second kappa shape index (κ2) is 3.44. The number of amides is 1. The Labute approximate surface area is 84.8 Å². The largest absolute Gasteiger partial charge is 0.415 e. The third-order valence-corrected chi connectivity index (χ3v) is 2.28. The highest BCUT2D eigenvalue weighted by atomic mass is 16.2. The van der Waals surface area contributed by atoms with Crippen molar-refractivity contribution in [3.63, 3.8) is 0 Å². The Bertz CT molecular complexity index is 335. The minimum atomic E-state index is -0.153. The van der Waals surface area contributed by atoms with Crippen LogP contribution in [0.1, 0.15) is 20.8 Å². The van der Waals surface area contributed by atoms with Crippen LogP contribution < -0.4 is 4.57 Å². The van der Waals surface area contributed by atoms with E-state index < -0.39 is 0 Å². The molecule has 0 N–H and O–H groups in total. The molecule has 4 heteroatoms. The fourth-order valence-corrected chi connectivity index (χ4v) is 1.02. The molecule has 0 unspecified atom stereocenters. The Balaban J connectivity index is 2.86. The predicted molar refractivity (Wildman–Crippen MR) is 53.9 cm³/mol. The van der Waals surface area contributed by atoms with Crippen LogP contribution in [0.25, 0.3) is 0 Å². The second-order valence-corrected chi connectivity index (χ2v) is 4.50. The van der Waals surface area contributed by atoms with Crippen LogP contribution in [0.2, 0.25) is 0 Å². The maximum atomic E-state index is 11.9. The molecule has 0 spiro atoms. The smallest absolute Gasteiger partial charge is 0.303 e. The molecule has 1 rings (SSSR count). The van der Waals surface area contributed by atoms with Crippen LogP contribution >= 0.6 is 0 Å².